The van der Waals surface area contributed by atoms with E-state index < -0.39 is 0 Å². The molecule has 0 saturated heterocycles. The highest BCUT2D eigenvalue weighted by molar-refractivity contribution is 4.87. The average molecular weight is 126 g/mol. The molecule has 1 atom stereocenters. The second-order valence-corrected chi connectivity index (χ2v) is 2.07. The molecule has 1 N–H and O–H groups in total. The fourth-order valence-electron chi connectivity index (χ4n) is 0.435. The van der Waals surface area contributed by atoms with Crippen molar-refractivity contribution in [1.29, 1.82) is 0 Å². The van der Waals surface area contributed by atoms with Crippen molar-refractivity contribution >= 4 is 0 Å². The largest absolute Gasteiger partial charge is 0.389 e. The lowest BCUT2D eigenvalue weighted by molar-refractivity contribution is 0.244. The van der Waals surface area contributed by atoms with Crippen molar-refractivity contribution in [2.24, 2.45) is 0 Å². The summed E-state index contributed by atoms with van der Waals surface area (Å²) in [7, 11) is 0. The molecule has 0 saturated carbocycles. The molecule has 52 valence electrons. The standard InChI is InChI=1S/C8H14O/c1-3-4-5-6-7-8(2)9/h5,7-9H,3-4H2,1-2H3. The molecule has 0 aromatic rings. The van der Waals surface area contributed by atoms with E-state index in [9.17, 15) is 0 Å². The van der Waals surface area contributed by atoms with Crippen LogP contribution in [0.5, 0.6) is 0 Å². The molecule has 0 amide bonds. The molecule has 0 radical (unpaired) electrons. The normalized spacial score (nSPS) is 11.9. The third-order valence-corrected chi connectivity index (χ3v) is 0.888. The van der Waals surface area contributed by atoms with Gasteiger partial charge in [-0.05, 0) is 25.5 Å². The summed E-state index contributed by atoms with van der Waals surface area (Å²) in [6.45, 7) is 3.83. The van der Waals surface area contributed by atoms with E-state index in [1.165, 1.54) is 0 Å². The van der Waals surface area contributed by atoms with Gasteiger partial charge in [-0.25, -0.2) is 0 Å². The first-order chi connectivity index (χ1) is 4.27. The van der Waals surface area contributed by atoms with Crippen LogP contribution in [0.4, 0.5) is 0 Å². The number of aliphatic hydroxyl groups is 1. The molecule has 1 nitrogen and oxygen atoms in total. The Morgan fingerprint density at radius 3 is 2.78 bits per heavy atom. The van der Waals surface area contributed by atoms with E-state index >= 15 is 0 Å². The minimum absolute atomic E-state index is 0.363. The SMILES string of the molecule is CCCC=C=CC(C)O. The predicted molar refractivity (Wildman–Crippen MR) is 39.2 cm³/mol. The van der Waals surface area contributed by atoms with Gasteiger partial charge in [0.15, 0.2) is 0 Å². The van der Waals surface area contributed by atoms with E-state index in [0.717, 1.165) is 12.8 Å². The number of rotatable bonds is 3. The molecule has 0 aliphatic rings. The molecule has 0 heterocycles. The Morgan fingerprint density at radius 2 is 2.33 bits per heavy atom. The fourth-order valence-corrected chi connectivity index (χ4v) is 0.435. The Morgan fingerprint density at radius 1 is 1.67 bits per heavy atom. The van der Waals surface area contributed by atoms with E-state index in [-0.39, 0.29) is 6.10 Å². The summed E-state index contributed by atoms with van der Waals surface area (Å²) >= 11 is 0. The van der Waals surface area contributed by atoms with Gasteiger partial charge in [-0.3, -0.25) is 0 Å². The highest BCUT2D eigenvalue weighted by atomic mass is 16.3. The van der Waals surface area contributed by atoms with Gasteiger partial charge in [0, 0.05) is 0 Å². The van der Waals surface area contributed by atoms with Gasteiger partial charge in [-0.2, -0.15) is 0 Å². The minimum Gasteiger partial charge on any atom is -0.389 e. The second-order valence-electron chi connectivity index (χ2n) is 2.07. The molecule has 0 spiro atoms. The van der Waals surface area contributed by atoms with E-state index in [4.69, 9.17) is 5.11 Å². The quantitative estimate of drug-likeness (QED) is 0.572. The van der Waals surface area contributed by atoms with E-state index in [1.807, 2.05) is 6.08 Å². The molecule has 0 aromatic carbocycles. The molecule has 0 aliphatic carbocycles. The summed E-state index contributed by atoms with van der Waals surface area (Å²) in [5.41, 5.74) is 2.89. The lowest BCUT2D eigenvalue weighted by Gasteiger charge is -1.86. The zero-order valence-corrected chi connectivity index (χ0v) is 6.09. The highest BCUT2D eigenvalue weighted by Crippen LogP contribution is 1.86. The van der Waals surface area contributed by atoms with Gasteiger partial charge in [0.25, 0.3) is 0 Å². The van der Waals surface area contributed by atoms with E-state index in [1.54, 1.807) is 13.0 Å². The van der Waals surface area contributed by atoms with Gasteiger partial charge in [0.1, 0.15) is 0 Å². The van der Waals surface area contributed by atoms with Crippen molar-refractivity contribution < 1.29 is 5.11 Å². The summed E-state index contributed by atoms with van der Waals surface area (Å²) in [6.07, 6.45) is 5.41. The Labute approximate surface area is 56.7 Å². The number of hydrogen-bond acceptors (Lipinski definition) is 1. The summed E-state index contributed by atoms with van der Waals surface area (Å²) in [4.78, 5) is 0. The maximum Gasteiger partial charge on any atom is 0.0766 e. The minimum atomic E-state index is -0.363. The zero-order valence-electron chi connectivity index (χ0n) is 6.09. The predicted octanol–water partition coefficient (Wildman–Crippen LogP) is 1.88. The first-order valence-corrected chi connectivity index (χ1v) is 3.36. The third kappa shape index (κ3) is 7.48. The van der Waals surface area contributed by atoms with Crippen LogP contribution in [0.3, 0.4) is 0 Å². The van der Waals surface area contributed by atoms with Crippen LogP contribution in [0, 0.1) is 0 Å². The molecular weight excluding hydrogens is 112 g/mol. The summed E-state index contributed by atoms with van der Waals surface area (Å²) in [6, 6.07) is 0. The molecule has 1 heteroatoms. The van der Waals surface area contributed by atoms with E-state index in [2.05, 4.69) is 12.7 Å². The van der Waals surface area contributed by atoms with Crippen LogP contribution < -0.4 is 0 Å². The number of hydrogen-bond donors (Lipinski definition) is 1. The summed E-state index contributed by atoms with van der Waals surface area (Å²) in [5, 5.41) is 8.71. The van der Waals surface area contributed by atoms with Crippen molar-refractivity contribution in [3.63, 3.8) is 0 Å². The smallest absolute Gasteiger partial charge is 0.0766 e. The molecule has 0 fully saturated rings. The van der Waals surface area contributed by atoms with Crippen LogP contribution >= 0.6 is 0 Å². The molecule has 1 unspecified atom stereocenters. The first-order valence-electron chi connectivity index (χ1n) is 3.36. The molecule has 0 aliphatic heterocycles. The van der Waals surface area contributed by atoms with Gasteiger partial charge < -0.3 is 5.11 Å². The molecular formula is C8H14O. The molecule has 0 aromatic heterocycles. The highest BCUT2D eigenvalue weighted by Gasteiger charge is 1.79. The first kappa shape index (κ1) is 8.48. The zero-order chi connectivity index (χ0) is 7.11. The van der Waals surface area contributed by atoms with Crippen LogP contribution in [0.25, 0.3) is 0 Å². The van der Waals surface area contributed by atoms with Gasteiger partial charge in [0.2, 0.25) is 0 Å². The van der Waals surface area contributed by atoms with E-state index in [0.29, 0.717) is 0 Å². The third-order valence-electron chi connectivity index (χ3n) is 0.888. The van der Waals surface area contributed by atoms with Crippen molar-refractivity contribution in [3.05, 3.63) is 17.9 Å². The van der Waals surface area contributed by atoms with Gasteiger partial charge in [-0.1, -0.05) is 13.3 Å². The lowest BCUT2D eigenvalue weighted by atomic mass is 10.3. The van der Waals surface area contributed by atoms with Crippen molar-refractivity contribution in [2.45, 2.75) is 32.8 Å². The fraction of sp³-hybridized carbons (Fsp3) is 0.625. The van der Waals surface area contributed by atoms with Gasteiger partial charge in [0.05, 0.1) is 6.10 Å². The molecule has 0 bridgehead atoms. The maximum atomic E-state index is 8.71. The van der Waals surface area contributed by atoms with Crippen molar-refractivity contribution in [1.82, 2.24) is 0 Å². The van der Waals surface area contributed by atoms with Crippen molar-refractivity contribution in [3.8, 4) is 0 Å². The second kappa shape index (κ2) is 5.61. The topological polar surface area (TPSA) is 20.2 Å². The Hall–Kier alpha value is -0.520. The summed E-state index contributed by atoms with van der Waals surface area (Å²) < 4.78 is 0. The Kier molecular flexibility index (Phi) is 5.29. The van der Waals surface area contributed by atoms with Crippen molar-refractivity contribution in [2.75, 3.05) is 0 Å². The summed E-state index contributed by atoms with van der Waals surface area (Å²) in [5.74, 6) is 0. The van der Waals surface area contributed by atoms with Crippen LogP contribution in [-0.2, 0) is 0 Å². The van der Waals surface area contributed by atoms with Crippen LogP contribution in [0.2, 0.25) is 0 Å². The lowest BCUT2D eigenvalue weighted by Crippen LogP contribution is -1.89. The Balaban J connectivity index is 3.41. The maximum absolute atomic E-state index is 8.71. The van der Waals surface area contributed by atoms with Crippen LogP contribution in [0.1, 0.15) is 26.7 Å². The Bertz CT molecular complexity index is 108. The van der Waals surface area contributed by atoms with Gasteiger partial charge >= 0.3 is 0 Å². The average Bonchev–Trinajstić information content (AvgIpc) is 1.80. The number of unbranched alkanes of at least 4 members (excludes halogenated alkanes) is 1. The molecule has 9 heavy (non-hydrogen) atoms. The number of aliphatic hydroxyl groups excluding tert-OH is 1. The van der Waals surface area contributed by atoms with Crippen LogP contribution in [0.15, 0.2) is 17.9 Å². The molecule has 0 rings (SSSR count). The van der Waals surface area contributed by atoms with Gasteiger partial charge in [-0.15, -0.1) is 5.73 Å². The van der Waals surface area contributed by atoms with Crippen LogP contribution in [-0.4, -0.2) is 11.2 Å². The monoisotopic (exact) mass is 126 g/mol.